The molecule has 2 N–H and O–H groups in total. The lowest BCUT2D eigenvalue weighted by Gasteiger charge is -1.98. The average molecular weight is 128 g/mol. The molecule has 0 aliphatic carbocycles. The maximum atomic E-state index is 3.15. The summed E-state index contributed by atoms with van der Waals surface area (Å²) in [6, 6.07) is 0. The Hall–Kier alpha value is -0.500. The highest BCUT2D eigenvalue weighted by Gasteiger charge is 1.79. The van der Waals surface area contributed by atoms with E-state index in [2.05, 4.69) is 10.6 Å². The summed E-state index contributed by atoms with van der Waals surface area (Å²) in [5, 5.41) is 6.23. The number of nitrogens with one attached hydrogen (secondary N) is 2. The van der Waals surface area contributed by atoms with Crippen LogP contribution in [0.4, 0.5) is 0 Å². The molecule has 0 spiro atoms. The van der Waals surface area contributed by atoms with Crippen molar-refractivity contribution in [2.75, 3.05) is 20.1 Å². The van der Waals surface area contributed by atoms with Crippen molar-refractivity contribution in [1.82, 2.24) is 10.6 Å². The predicted octanol–water partition coefficient (Wildman–Crippen LogP) is 0.719. The van der Waals surface area contributed by atoms with E-state index >= 15 is 0 Å². The molecular weight excluding hydrogens is 112 g/mol. The molecule has 54 valence electrons. The van der Waals surface area contributed by atoms with Gasteiger partial charge >= 0.3 is 0 Å². The molecule has 0 aromatic heterocycles. The summed E-state index contributed by atoms with van der Waals surface area (Å²) < 4.78 is 0. The standard InChI is InChI=1S/C7H16N2/c1-3-5-9-7-4-6-8-2/h3,5,8-9H,4,6-7H2,1-2H3. The SMILES string of the molecule is CC=CNCCCNC. The fourth-order valence-electron chi connectivity index (χ4n) is 0.568. The first-order valence-corrected chi connectivity index (χ1v) is 3.41. The van der Waals surface area contributed by atoms with Crippen LogP contribution in [0.3, 0.4) is 0 Å². The van der Waals surface area contributed by atoms with Crippen molar-refractivity contribution >= 4 is 0 Å². The van der Waals surface area contributed by atoms with Crippen molar-refractivity contribution in [3.05, 3.63) is 12.3 Å². The molecule has 0 heterocycles. The molecular formula is C7H16N2. The molecule has 0 radical (unpaired) electrons. The van der Waals surface area contributed by atoms with E-state index in [1.807, 2.05) is 26.2 Å². The van der Waals surface area contributed by atoms with Crippen molar-refractivity contribution in [1.29, 1.82) is 0 Å². The Labute approximate surface area is 57.3 Å². The fraction of sp³-hybridized carbons (Fsp3) is 0.714. The summed E-state index contributed by atoms with van der Waals surface area (Å²) in [4.78, 5) is 0. The smallest absolute Gasteiger partial charge is 0.0153 e. The third-order valence-electron chi connectivity index (χ3n) is 1.03. The van der Waals surface area contributed by atoms with Gasteiger partial charge in [0, 0.05) is 6.54 Å². The topological polar surface area (TPSA) is 24.1 Å². The minimum absolute atomic E-state index is 1.06. The lowest BCUT2D eigenvalue weighted by atomic mass is 10.4. The zero-order valence-corrected chi connectivity index (χ0v) is 6.28. The molecule has 0 rings (SSSR count). The quantitative estimate of drug-likeness (QED) is 0.533. The van der Waals surface area contributed by atoms with Gasteiger partial charge in [-0.2, -0.15) is 0 Å². The van der Waals surface area contributed by atoms with Gasteiger partial charge in [-0.3, -0.25) is 0 Å². The van der Waals surface area contributed by atoms with Crippen molar-refractivity contribution in [3.63, 3.8) is 0 Å². The Morgan fingerprint density at radius 3 is 2.67 bits per heavy atom. The Balaban J connectivity index is 2.75. The second-order valence-electron chi connectivity index (χ2n) is 1.91. The highest BCUT2D eigenvalue weighted by Crippen LogP contribution is 1.71. The van der Waals surface area contributed by atoms with Crippen LogP contribution in [0.2, 0.25) is 0 Å². The lowest BCUT2D eigenvalue weighted by molar-refractivity contribution is 0.692. The zero-order valence-electron chi connectivity index (χ0n) is 6.28. The van der Waals surface area contributed by atoms with Gasteiger partial charge in [-0.15, -0.1) is 0 Å². The molecule has 0 aliphatic rings. The molecule has 0 atom stereocenters. The first-order chi connectivity index (χ1) is 4.41. The van der Waals surface area contributed by atoms with Gasteiger partial charge < -0.3 is 10.6 Å². The van der Waals surface area contributed by atoms with E-state index in [0.29, 0.717) is 0 Å². The molecule has 0 saturated carbocycles. The van der Waals surface area contributed by atoms with E-state index in [9.17, 15) is 0 Å². The number of allylic oxidation sites excluding steroid dienone is 1. The van der Waals surface area contributed by atoms with E-state index in [0.717, 1.165) is 13.1 Å². The van der Waals surface area contributed by atoms with Crippen LogP contribution in [-0.2, 0) is 0 Å². The second kappa shape index (κ2) is 7.50. The van der Waals surface area contributed by atoms with Gasteiger partial charge in [0.15, 0.2) is 0 Å². The van der Waals surface area contributed by atoms with E-state index in [-0.39, 0.29) is 0 Å². The maximum Gasteiger partial charge on any atom is 0.0153 e. The minimum Gasteiger partial charge on any atom is -0.391 e. The maximum absolute atomic E-state index is 3.15. The number of rotatable bonds is 5. The van der Waals surface area contributed by atoms with Gasteiger partial charge in [0.1, 0.15) is 0 Å². The van der Waals surface area contributed by atoms with Crippen LogP contribution in [0.15, 0.2) is 12.3 Å². The minimum atomic E-state index is 1.06. The Morgan fingerprint density at radius 1 is 1.33 bits per heavy atom. The largest absolute Gasteiger partial charge is 0.391 e. The molecule has 0 aliphatic heterocycles. The molecule has 9 heavy (non-hydrogen) atoms. The zero-order chi connectivity index (χ0) is 6.95. The van der Waals surface area contributed by atoms with Gasteiger partial charge in [-0.05, 0) is 33.1 Å². The second-order valence-corrected chi connectivity index (χ2v) is 1.91. The fourth-order valence-corrected chi connectivity index (χ4v) is 0.568. The van der Waals surface area contributed by atoms with Crippen molar-refractivity contribution in [2.45, 2.75) is 13.3 Å². The van der Waals surface area contributed by atoms with Gasteiger partial charge in [0.05, 0.1) is 0 Å². The first kappa shape index (κ1) is 8.50. The van der Waals surface area contributed by atoms with Crippen LogP contribution in [-0.4, -0.2) is 20.1 Å². The molecule has 0 bridgehead atoms. The molecule has 2 nitrogen and oxygen atoms in total. The van der Waals surface area contributed by atoms with E-state index in [1.165, 1.54) is 6.42 Å². The summed E-state index contributed by atoms with van der Waals surface area (Å²) in [5.74, 6) is 0. The van der Waals surface area contributed by atoms with Gasteiger partial charge in [0.25, 0.3) is 0 Å². The van der Waals surface area contributed by atoms with Crippen molar-refractivity contribution in [3.8, 4) is 0 Å². The number of hydrogen-bond donors (Lipinski definition) is 2. The van der Waals surface area contributed by atoms with Crippen LogP contribution in [0.1, 0.15) is 13.3 Å². The average Bonchev–Trinajstić information content (AvgIpc) is 1.89. The van der Waals surface area contributed by atoms with Crippen LogP contribution >= 0.6 is 0 Å². The highest BCUT2D eigenvalue weighted by atomic mass is 14.8. The third kappa shape index (κ3) is 7.50. The monoisotopic (exact) mass is 128 g/mol. The van der Waals surface area contributed by atoms with E-state index in [1.54, 1.807) is 0 Å². The first-order valence-electron chi connectivity index (χ1n) is 3.41. The van der Waals surface area contributed by atoms with Crippen molar-refractivity contribution in [2.24, 2.45) is 0 Å². The van der Waals surface area contributed by atoms with Crippen LogP contribution < -0.4 is 10.6 Å². The summed E-state index contributed by atoms with van der Waals surface area (Å²) >= 11 is 0. The Morgan fingerprint density at radius 2 is 2.11 bits per heavy atom. The van der Waals surface area contributed by atoms with Gasteiger partial charge in [-0.1, -0.05) is 6.08 Å². The van der Waals surface area contributed by atoms with E-state index in [4.69, 9.17) is 0 Å². The summed E-state index contributed by atoms with van der Waals surface area (Å²) in [6.07, 6.45) is 5.15. The highest BCUT2D eigenvalue weighted by molar-refractivity contribution is 4.73. The summed E-state index contributed by atoms with van der Waals surface area (Å²) in [7, 11) is 1.97. The third-order valence-corrected chi connectivity index (χ3v) is 1.03. The summed E-state index contributed by atoms with van der Waals surface area (Å²) in [5.41, 5.74) is 0. The van der Waals surface area contributed by atoms with Crippen LogP contribution in [0.25, 0.3) is 0 Å². The lowest BCUT2D eigenvalue weighted by Crippen LogP contribution is -2.15. The van der Waals surface area contributed by atoms with E-state index < -0.39 is 0 Å². The van der Waals surface area contributed by atoms with Crippen LogP contribution in [0.5, 0.6) is 0 Å². The van der Waals surface area contributed by atoms with Gasteiger partial charge in [0.2, 0.25) is 0 Å². The predicted molar refractivity (Wildman–Crippen MR) is 41.4 cm³/mol. The molecule has 0 unspecified atom stereocenters. The molecule has 2 heteroatoms. The normalized spacial score (nSPS) is 10.4. The Kier molecular flexibility index (Phi) is 7.08. The molecule has 0 aromatic rings. The molecule has 0 aromatic carbocycles. The number of hydrogen-bond acceptors (Lipinski definition) is 2. The molecule has 0 amide bonds. The van der Waals surface area contributed by atoms with Gasteiger partial charge in [-0.25, -0.2) is 0 Å². The molecule has 0 fully saturated rings. The summed E-state index contributed by atoms with van der Waals surface area (Å²) in [6.45, 7) is 4.15. The van der Waals surface area contributed by atoms with Crippen LogP contribution in [0, 0.1) is 0 Å². The molecule has 0 saturated heterocycles. The van der Waals surface area contributed by atoms with Crippen molar-refractivity contribution < 1.29 is 0 Å². The Bertz CT molecular complexity index is 69.3.